The molecule has 0 aromatic rings. The Kier molecular flexibility index (Phi) is 21.4. The van der Waals surface area contributed by atoms with Crippen molar-refractivity contribution < 1.29 is 48.3 Å². The zero-order valence-corrected chi connectivity index (χ0v) is 7.30. The summed E-state index contributed by atoms with van der Waals surface area (Å²) in [4.78, 5) is 0. The molecular formula is HAlFeMoNi. The van der Waals surface area contributed by atoms with Gasteiger partial charge in [-0.2, -0.15) is 0 Å². The Labute approximate surface area is 58.3 Å². The summed E-state index contributed by atoms with van der Waals surface area (Å²) >= 11 is 5.73. The third-order valence-corrected chi connectivity index (χ3v) is 0. The first-order valence-electron chi connectivity index (χ1n) is 0.539. The fourth-order valence-corrected chi connectivity index (χ4v) is 0. The van der Waals surface area contributed by atoms with Crippen LogP contribution in [0.25, 0.3) is 0 Å². The molecule has 0 heterocycles. The minimum absolute atomic E-state index is 0. The summed E-state index contributed by atoms with van der Waals surface area (Å²) < 4.78 is 0. The molecule has 28 valence electrons. The first kappa shape index (κ1) is 9.53. The summed E-state index contributed by atoms with van der Waals surface area (Å²) in [6, 6.07) is 0. The Balaban J connectivity index is 0. The van der Waals surface area contributed by atoms with E-state index in [0.29, 0.717) is 0 Å². The van der Waals surface area contributed by atoms with Crippen LogP contribution in [0.1, 0.15) is 0 Å². The van der Waals surface area contributed by atoms with Crippen molar-refractivity contribution in [1.29, 1.82) is 0 Å². The molecule has 0 unspecified atom stereocenters. The van der Waals surface area contributed by atoms with E-state index in [0.717, 1.165) is 0 Å². The Morgan fingerprint density at radius 1 is 1.75 bits per heavy atom. The molecule has 0 radical (unpaired) electrons. The maximum absolute atomic E-state index is 3.63. The van der Waals surface area contributed by atoms with E-state index in [1.165, 1.54) is 0 Å². The molecule has 0 aliphatic heterocycles. The van der Waals surface area contributed by atoms with Gasteiger partial charge in [0.05, 0.1) is 0 Å². The largest absolute Gasteiger partial charge is 0 e. The maximum Gasteiger partial charge on any atom is 0 e. The van der Waals surface area contributed by atoms with Gasteiger partial charge in [-0.25, -0.2) is 0 Å². The monoisotopic (exact) mass is 240 g/mol. The predicted octanol–water partition coefficient (Wildman–Crippen LogP) is -0.656. The second-order valence-electron chi connectivity index (χ2n) is 0.102. The second kappa shape index (κ2) is 8.97. The minimum atomic E-state index is 0. The van der Waals surface area contributed by atoms with Gasteiger partial charge in [-0.3, -0.25) is 0 Å². The van der Waals surface area contributed by atoms with E-state index in [1.54, 1.807) is 0 Å². The van der Waals surface area contributed by atoms with Crippen molar-refractivity contribution in [2.45, 2.75) is 0 Å². The molecule has 0 N–H and O–H groups in total. The summed E-state index contributed by atoms with van der Waals surface area (Å²) in [5.74, 6) is 0. The van der Waals surface area contributed by atoms with Crippen LogP contribution in [0.2, 0.25) is 0 Å². The second-order valence-corrected chi connectivity index (χ2v) is 7.47. The summed E-state index contributed by atoms with van der Waals surface area (Å²) in [6.45, 7) is 0. The van der Waals surface area contributed by atoms with E-state index in [2.05, 4.69) is 31.8 Å². The van der Waals surface area contributed by atoms with Crippen molar-refractivity contribution in [3.63, 3.8) is 0 Å². The van der Waals surface area contributed by atoms with Crippen LogP contribution in [0.15, 0.2) is 0 Å². The van der Waals surface area contributed by atoms with Crippen LogP contribution in [0.3, 0.4) is 0 Å². The van der Waals surface area contributed by atoms with Crippen molar-refractivity contribution in [2.75, 3.05) is 0 Å². The quantitative estimate of drug-likeness (QED) is 0.492. The average Bonchev–Trinajstić information content (AvgIpc) is 0.918. The summed E-state index contributed by atoms with van der Waals surface area (Å²) in [6.07, 6.45) is 0. The van der Waals surface area contributed by atoms with Crippen LogP contribution in [-0.2, 0) is 48.3 Å². The number of hydrogen-bond donors (Lipinski definition) is 0. The van der Waals surface area contributed by atoms with E-state index in [9.17, 15) is 0 Å². The van der Waals surface area contributed by atoms with E-state index in [4.69, 9.17) is 0 Å². The zero-order valence-electron chi connectivity index (χ0n) is 1.79. The molecule has 0 fully saturated rings. The minimum Gasteiger partial charge on any atom is 0 e. The van der Waals surface area contributed by atoms with E-state index in [-0.39, 0.29) is 27.2 Å². The van der Waals surface area contributed by atoms with Crippen molar-refractivity contribution >= 4 is 10.7 Å². The van der Waals surface area contributed by atoms with Crippen LogP contribution in [0.4, 0.5) is 0 Å². The molecule has 0 saturated heterocycles. The van der Waals surface area contributed by atoms with E-state index < -0.39 is 0 Å². The molecule has 0 amide bonds. The van der Waals surface area contributed by atoms with Crippen LogP contribution >= 0.6 is 0 Å². The topological polar surface area (TPSA) is 0 Å². The maximum atomic E-state index is 3.63. The third-order valence-electron chi connectivity index (χ3n) is 0. The predicted molar refractivity (Wildman–Crippen MR) is 7.15 cm³/mol. The molecule has 0 aromatic carbocycles. The summed E-state index contributed by atoms with van der Waals surface area (Å²) in [5, 5.41) is 0. The van der Waals surface area contributed by atoms with Gasteiger partial charge >= 0.3 is 42.5 Å². The van der Waals surface area contributed by atoms with E-state index in [1.807, 2.05) is 0 Å². The molecule has 0 atom stereocenters. The van der Waals surface area contributed by atoms with Gasteiger partial charge in [0, 0.05) is 16.5 Å². The Hall–Kier alpha value is 2.23. The molecule has 4 heavy (non-hydrogen) atoms. The van der Waals surface area contributed by atoms with Gasteiger partial charge in [0.1, 0.15) is 0 Å². The molecule has 0 nitrogen and oxygen atoms in total. The molecule has 0 spiro atoms. The molecule has 0 aromatic heterocycles. The van der Waals surface area contributed by atoms with E-state index >= 15 is 0 Å². The van der Waals surface area contributed by atoms with Gasteiger partial charge in [-0.15, -0.1) is 0 Å². The smallest absolute Gasteiger partial charge is 0 e. The Morgan fingerprint density at radius 2 is 1.75 bits per heavy atom. The molecule has 0 saturated carbocycles. The zero-order chi connectivity index (χ0) is 2.71. The number of hydrogen-bond acceptors (Lipinski definition) is 0. The van der Waals surface area contributed by atoms with Crippen molar-refractivity contribution in [3.8, 4) is 0 Å². The summed E-state index contributed by atoms with van der Waals surface area (Å²) in [7, 11) is 0.177. The number of rotatable bonds is 0. The van der Waals surface area contributed by atoms with Crippen molar-refractivity contribution in [3.05, 3.63) is 0 Å². The van der Waals surface area contributed by atoms with Crippen molar-refractivity contribution in [1.82, 2.24) is 0 Å². The van der Waals surface area contributed by atoms with Crippen molar-refractivity contribution in [2.24, 2.45) is 0 Å². The third kappa shape index (κ3) is 8.87. The molecular weight excluding hydrogens is 237 g/mol. The standard InChI is InChI=1S/Al.Fe.Mo.Ni.H. The Morgan fingerprint density at radius 3 is 1.75 bits per heavy atom. The first-order chi connectivity index (χ1) is 1.41. The van der Waals surface area contributed by atoms with Gasteiger partial charge in [-0.05, 0) is 0 Å². The van der Waals surface area contributed by atoms with Gasteiger partial charge < -0.3 is 0 Å². The van der Waals surface area contributed by atoms with Gasteiger partial charge in [0.2, 0.25) is 0 Å². The summed E-state index contributed by atoms with van der Waals surface area (Å²) in [5.41, 5.74) is 0. The van der Waals surface area contributed by atoms with Crippen LogP contribution in [0.5, 0.6) is 0 Å². The molecule has 0 aliphatic rings. The Bertz CT molecular complexity index is 8.00. The normalized spacial score (nSPS) is 3.25. The van der Waals surface area contributed by atoms with Crippen LogP contribution < -0.4 is 0 Å². The van der Waals surface area contributed by atoms with Crippen LogP contribution in [-0.4, -0.2) is 10.7 Å². The van der Waals surface area contributed by atoms with Gasteiger partial charge in [-0.1, -0.05) is 0 Å². The first-order valence-corrected chi connectivity index (χ1v) is 8.22. The average molecular weight is 238 g/mol. The molecule has 0 bridgehead atoms. The molecule has 0 rings (SSSR count). The van der Waals surface area contributed by atoms with Crippen LogP contribution in [0, 0.1) is 0 Å². The SMILES string of the molecule is [Fe][AlH][Mo].[Ni]. The molecule has 4 heteroatoms. The van der Waals surface area contributed by atoms with Gasteiger partial charge in [0.15, 0.2) is 0 Å². The van der Waals surface area contributed by atoms with Gasteiger partial charge in [0.25, 0.3) is 0 Å². The fourth-order valence-electron chi connectivity index (χ4n) is 0. The molecule has 0 aliphatic carbocycles. The fraction of sp³-hybridized carbons (Fsp3) is 0.